The lowest BCUT2D eigenvalue weighted by Crippen LogP contribution is -2.14. The minimum Gasteiger partial charge on any atom is -0.319 e. The van der Waals surface area contributed by atoms with Gasteiger partial charge in [0, 0.05) is 15.7 Å². The molecule has 3 aromatic carbocycles. The molecule has 0 radical (unpaired) electrons. The number of nitrogens with zero attached hydrogens (tertiary/aromatic N) is 3. The Morgan fingerprint density at radius 3 is 2.29 bits per heavy atom. The van der Waals surface area contributed by atoms with E-state index in [1.54, 1.807) is 4.68 Å². The van der Waals surface area contributed by atoms with Crippen LogP contribution in [0, 0.1) is 6.92 Å². The SMILES string of the molecule is Cc1ccc(-n2nc(C(=O)Nc3ccccc3)nc2-c2ccc(Br)cc2)cc1. The van der Waals surface area contributed by atoms with Crippen molar-refractivity contribution < 1.29 is 4.79 Å². The standard InChI is InChI=1S/C22H17BrN4O/c1-15-7-13-19(14-8-15)27-21(16-9-11-17(23)12-10-16)25-20(26-27)22(28)24-18-5-3-2-4-6-18/h2-14H,1H3,(H,24,28). The third-order valence-electron chi connectivity index (χ3n) is 4.22. The maximum atomic E-state index is 12.7. The van der Waals surface area contributed by atoms with Gasteiger partial charge in [0.2, 0.25) is 5.82 Å². The van der Waals surface area contributed by atoms with Gasteiger partial charge in [-0.15, -0.1) is 5.10 Å². The summed E-state index contributed by atoms with van der Waals surface area (Å²) in [4.78, 5) is 17.2. The quantitative estimate of drug-likeness (QED) is 0.478. The second-order valence-electron chi connectivity index (χ2n) is 6.33. The Balaban J connectivity index is 1.76. The zero-order valence-corrected chi connectivity index (χ0v) is 16.7. The molecule has 1 aromatic heterocycles. The molecule has 0 atom stereocenters. The fourth-order valence-corrected chi connectivity index (χ4v) is 3.03. The highest BCUT2D eigenvalue weighted by atomic mass is 79.9. The average Bonchev–Trinajstić information content (AvgIpc) is 3.15. The molecule has 0 aliphatic rings. The first-order chi connectivity index (χ1) is 13.6. The Morgan fingerprint density at radius 2 is 1.61 bits per heavy atom. The van der Waals surface area contributed by atoms with Gasteiger partial charge in [-0.2, -0.15) is 0 Å². The molecule has 0 saturated heterocycles. The Hall–Kier alpha value is -3.25. The molecule has 0 unspecified atom stereocenters. The maximum absolute atomic E-state index is 12.7. The first-order valence-electron chi connectivity index (χ1n) is 8.76. The van der Waals surface area contributed by atoms with Crippen LogP contribution in [0.15, 0.2) is 83.3 Å². The summed E-state index contributed by atoms with van der Waals surface area (Å²) in [5.74, 6) is 0.368. The van der Waals surface area contributed by atoms with E-state index in [1.807, 2.05) is 85.8 Å². The first kappa shape index (κ1) is 18.1. The summed E-state index contributed by atoms with van der Waals surface area (Å²) in [6.45, 7) is 2.03. The largest absolute Gasteiger partial charge is 0.319 e. The lowest BCUT2D eigenvalue weighted by molar-refractivity contribution is 0.101. The summed E-state index contributed by atoms with van der Waals surface area (Å²) in [6.07, 6.45) is 0. The van der Waals surface area contributed by atoms with Crippen LogP contribution in [0.2, 0.25) is 0 Å². The molecule has 4 aromatic rings. The van der Waals surface area contributed by atoms with Gasteiger partial charge < -0.3 is 5.32 Å². The van der Waals surface area contributed by atoms with E-state index in [4.69, 9.17) is 0 Å². The number of rotatable bonds is 4. The predicted octanol–water partition coefficient (Wildman–Crippen LogP) is 5.26. The lowest BCUT2D eigenvalue weighted by Gasteiger charge is -2.06. The van der Waals surface area contributed by atoms with E-state index in [-0.39, 0.29) is 11.7 Å². The second kappa shape index (κ2) is 7.78. The Morgan fingerprint density at radius 1 is 0.929 bits per heavy atom. The van der Waals surface area contributed by atoms with Gasteiger partial charge >= 0.3 is 0 Å². The van der Waals surface area contributed by atoms with Crippen molar-refractivity contribution >= 4 is 27.5 Å². The molecule has 1 heterocycles. The highest BCUT2D eigenvalue weighted by molar-refractivity contribution is 9.10. The zero-order chi connectivity index (χ0) is 19.5. The Kier molecular flexibility index (Phi) is 5.04. The topological polar surface area (TPSA) is 59.8 Å². The molecule has 28 heavy (non-hydrogen) atoms. The zero-order valence-electron chi connectivity index (χ0n) is 15.1. The number of carbonyl (C=O) groups is 1. The number of aromatic nitrogens is 3. The van der Waals surface area contributed by atoms with Crippen molar-refractivity contribution in [3.05, 3.63) is 94.7 Å². The fourth-order valence-electron chi connectivity index (χ4n) is 2.77. The molecular weight excluding hydrogens is 416 g/mol. The molecule has 0 bridgehead atoms. The monoisotopic (exact) mass is 432 g/mol. The number of para-hydroxylation sites is 1. The average molecular weight is 433 g/mol. The van der Waals surface area contributed by atoms with E-state index in [2.05, 4.69) is 31.3 Å². The van der Waals surface area contributed by atoms with E-state index in [1.165, 1.54) is 0 Å². The molecule has 0 saturated carbocycles. The number of amides is 1. The number of anilines is 1. The van der Waals surface area contributed by atoms with Gasteiger partial charge in [-0.1, -0.05) is 64.0 Å². The van der Waals surface area contributed by atoms with Crippen LogP contribution in [0.4, 0.5) is 5.69 Å². The Bertz CT molecular complexity index is 1040. The van der Waals surface area contributed by atoms with Gasteiger partial charge in [0.05, 0.1) is 5.69 Å². The number of hydrogen-bond donors (Lipinski definition) is 1. The molecule has 1 amide bonds. The molecule has 0 fully saturated rings. The highest BCUT2D eigenvalue weighted by Crippen LogP contribution is 2.24. The summed E-state index contributed by atoms with van der Waals surface area (Å²) >= 11 is 3.45. The van der Waals surface area contributed by atoms with E-state index >= 15 is 0 Å². The number of carbonyl (C=O) groups excluding carboxylic acids is 1. The number of halogens is 1. The van der Waals surface area contributed by atoms with Gasteiger partial charge in [0.15, 0.2) is 5.82 Å². The third-order valence-corrected chi connectivity index (χ3v) is 4.75. The van der Waals surface area contributed by atoms with E-state index in [9.17, 15) is 4.79 Å². The molecule has 0 aliphatic heterocycles. The van der Waals surface area contributed by atoms with E-state index < -0.39 is 0 Å². The van der Waals surface area contributed by atoms with Crippen LogP contribution >= 0.6 is 15.9 Å². The van der Waals surface area contributed by atoms with Gasteiger partial charge in [-0.05, 0) is 43.3 Å². The highest BCUT2D eigenvalue weighted by Gasteiger charge is 2.19. The van der Waals surface area contributed by atoms with E-state index in [0.717, 1.165) is 21.3 Å². The molecule has 6 heteroatoms. The first-order valence-corrected chi connectivity index (χ1v) is 9.56. The Labute approximate surface area is 171 Å². The molecule has 5 nitrogen and oxygen atoms in total. The lowest BCUT2D eigenvalue weighted by atomic mass is 10.2. The van der Waals surface area contributed by atoms with Crippen LogP contribution < -0.4 is 5.32 Å². The number of nitrogens with one attached hydrogen (secondary N) is 1. The van der Waals surface area contributed by atoms with Gasteiger partial charge in [0.1, 0.15) is 0 Å². The molecule has 138 valence electrons. The smallest absolute Gasteiger partial charge is 0.295 e. The van der Waals surface area contributed by atoms with Crippen molar-refractivity contribution in [2.75, 3.05) is 5.32 Å². The van der Waals surface area contributed by atoms with Gasteiger partial charge in [-0.25, -0.2) is 9.67 Å². The summed E-state index contributed by atoms with van der Waals surface area (Å²) in [5, 5.41) is 7.32. The van der Waals surface area contributed by atoms with Crippen molar-refractivity contribution in [3.63, 3.8) is 0 Å². The summed E-state index contributed by atoms with van der Waals surface area (Å²) in [6, 6.07) is 25.0. The normalized spacial score (nSPS) is 10.6. The summed E-state index contributed by atoms with van der Waals surface area (Å²) in [5.41, 5.74) is 3.56. The molecule has 1 N–H and O–H groups in total. The molecule has 0 spiro atoms. The summed E-state index contributed by atoms with van der Waals surface area (Å²) < 4.78 is 2.67. The molecule has 0 aliphatic carbocycles. The minimum absolute atomic E-state index is 0.113. The maximum Gasteiger partial charge on any atom is 0.295 e. The fraction of sp³-hybridized carbons (Fsp3) is 0.0455. The second-order valence-corrected chi connectivity index (χ2v) is 7.25. The van der Waals surface area contributed by atoms with Crippen molar-refractivity contribution in [2.24, 2.45) is 0 Å². The third kappa shape index (κ3) is 3.87. The van der Waals surface area contributed by atoms with Gasteiger partial charge in [0.25, 0.3) is 5.91 Å². The number of benzene rings is 3. The van der Waals surface area contributed by atoms with E-state index in [0.29, 0.717) is 11.5 Å². The number of aryl methyl sites for hydroxylation is 1. The van der Waals surface area contributed by atoms with Gasteiger partial charge in [-0.3, -0.25) is 4.79 Å². The van der Waals surface area contributed by atoms with Crippen LogP contribution in [0.3, 0.4) is 0 Å². The molecular formula is C22H17BrN4O. The van der Waals surface area contributed by atoms with Crippen LogP contribution in [0.1, 0.15) is 16.2 Å². The van der Waals surface area contributed by atoms with Crippen LogP contribution in [-0.4, -0.2) is 20.7 Å². The minimum atomic E-state index is -0.351. The van der Waals surface area contributed by atoms with Crippen molar-refractivity contribution in [1.82, 2.24) is 14.8 Å². The number of hydrogen-bond acceptors (Lipinski definition) is 3. The summed E-state index contributed by atoms with van der Waals surface area (Å²) in [7, 11) is 0. The van der Waals surface area contributed by atoms with Crippen molar-refractivity contribution in [3.8, 4) is 17.1 Å². The van der Waals surface area contributed by atoms with Crippen LogP contribution in [0.25, 0.3) is 17.1 Å². The van der Waals surface area contributed by atoms with Crippen molar-refractivity contribution in [2.45, 2.75) is 6.92 Å². The van der Waals surface area contributed by atoms with Crippen LogP contribution in [0.5, 0.6) is 0 Å². The van der Waals surface area contributed by atoms with Crippen LogP contribution in [-0.2, 0) is 0 Å². The van der Waals surface area contributed by atoms with Crippen molar-refractivity contribution in [1.29, 1.82) is 0 Å². The molecule has 4 rings (SSSR count). The predicted molar refractivity (Wildman–Crippen MR) is 114 cm³/mol.